The molecule has 1 heterocycles. The zero-order valence-electron chi connectivity index (χ0n) is 15.2. The van der Waals surface area contributed by atoms with Gasteiger partial charge in [-0.1, -0.05) is 51.1 Å². The van der Waals surface area contributed by atoms with Gasteiger partial charge >= 0.3 is 0 Å². The van der Waals surface area contributed by atoms with Crippen LogP contribution in [0.1, 0.15) is 43.2 Å². The minimum atomic E-state index is -0.471. The first-order chi connectivity index (χ1) is 11.7. The zero-order chi connectivity index (χ0) is 18.6. The first kappa shape index (κ1) is 18.9. The molecular weight excluding hydrogens is 316 g/mol. The number of H-pyrrole nitrogens is 1. The van der Waals surface area contributed by atoms with Crippen LogP contribution >= 0.6 is 0 Å². The molecule has 1 atom stereocenters. The van der Waals surface area contributed by atoms with E-state index in [0.29, 0.717) is 12.1 Å². The van der Waals surface area contributed by atoms with Gasteiger partial charge in [-0.05, 0) is 30.4 Å². The number of carbonyl (C=O) groups excluding carboxylic acids is 1. The van der Waals surface area contributed by atoms with Crippen LogP contribution in [0.3, 0.4) is 0 Å². The number of aryl methyl sites for hydroxylation is 1. The van der Waals surface area contributed by atoms with E-state index in [1.807, 2.05) is 58.0 Å². The molecule has 0 saturated carbocycles. The number of rotatable bonds is 5. The minimum absolute atomic E-state index is 0.0461. The standard InChI is InChI=1S/C20H26N2O3/c1-13-16(14-8-6-5-7-9-14)10-17(18(24)21-13)19(25)22-15(12-23)11-20(2,3)4/h5-10,15,23H,11-12H2,1-4H3,(H,21,24)(H,22,25). The van der Waals surface area contributed by atoms with E-state index in [0.717, 1.165) is 11.1 Å². The van der Waals surface area contributed by atoms with Crippen molar-refractivity contribution in [3.8, 4) is 11.1 Å². The van der Waals surface area contributed by atoms with E-state index in [1.165, 1.54) is 0 Å². The lowest BCUT2D eigenvalue weighted by molar-refractivity contribution is 0.0896. The van der Waals surface area contributed by atoms with Crippen molar-refractivity contribution in [1.82, 2.24) is 10.3 Å². The van der Waals surface area contributed by atoms with E-state index < -0.39 is 17.5 Å². The summed E-state index contributed by atoms with van der Waals surface area (Å²) in [5.41, 5.74) is 2.02. The maximum absolute atomic E-state index is 12.6. The van der Waals surface area contributed by atoms with E-state index in [9.17, 15) is 14.7 Å². The summed E-state index contributed by atoms with van der Waals surface area (Å²) in [5, 5.41) is 12.3. The van der Waals surface area contributed by atoms with Crippen LogP contribution in [0.15, 0.2) is 41.2 Å². The molecule has 5 heteroatoms. The zero-order valence-corrected chi connectivity index (χ0v) is 15.2. The molecule has 0 saturated heterocycles. The molecule has 0 aliphatic carbocycles. The molecule has 2 rings (SSSR count). The molecule has 0 bridgehead atoms. The SMILES string of the molecule is Cc1[nH]c(=O)c(C(=O)NC(CO)CC(C)(C)C)cc1-c1ccccc1. The molecule has 3 N–H and O–H groups in total. The molecule has 0 aliphatic rings. The molecule has 0 fully saturated rings. The second kappa shape index (κ2) is 7.66. The summed E-state index contributed by atoms with van der Waals surface area (Å²) in [5.74, 6) is -0.471. The van der Waals surface area contributed by atoms with Gasteiger partial charge in [-0.15, -0.1) is 0 Å². The van der Waals surface area contributed by atoms with Crippen LogP contribution in [-0.4, -0.2) is 28.6 Å². The lowest BCUT2D eigenvalue weighted by atomic mass is 9.88. The van der Waals surface area contributed by atoms with Gasteiger partial charge in [0.05, 0.1) is 12.6 Å². The predicted octanol–water partition coefficient (Wildman–Crippen LogP) is 2.88. The van der Waals surface area contributed by atoms with Gasteiger partial charge in [0.15, 0.2) is 0 Å². The highest BCUT2D eigenvalue weighted by atomic mass is 16.3. The van der Waals surface area contributed by atoms with E-state index in [1.54, 1.807) is 6.07 Å². The Bertz CT molecular complexity index is 789. The molecule has 0 spiro atoms. The number of aromatic amines is 1. The van der Waals surface area contributed by atoms with Gasteiger partial charge in [-0.25, -0.2) is 0 Å². The Morgan fingerprint density at radius 3 is 2.44 bits per heavy atom. The van der Waals surface area contributed by atoms with E-state index in [4.69, 9.17) is 0 Å². The molecular formula is C20H26N2O3. The van der Waals surface area contributed by atoms with Gasteiger partial charge < -0.3 is 15.4 Å². The third kappa shape index (κ3) is 5.03. The average molecular weight is 342 g/mol. The molecule has 0 aliphatic heterocycles. The number of carbonyl (C=O) groups is 1. The Kier molecular flexibility index (Phi) is 5.80. The van der Waals surface area contributed by atoms with E-state index in [2.05, 4.69) is 10.3 Å². The first-order valence-electron chi connectivity index (χ1n) is 8.42. The summed E-state index contributed by atoms with van der Waals surface area (Å²) in [6, 6.07) is 10.8. The summed E-state index contributed by atoms with van der Waals surface area (Å²) < 4.78 is 0. The minimum Gasteiger partial charge on any atom is -0.394 e. The first-order valence-corrected chi connectivity index (χ1v) is 8.42. The van der Waals surface area contributed by atoms with Gasteiger partial charge in [0.2, 0.25) is 0 Å². The number of benzene rings is 1. The van der Waals surface area contributed by atoms with Crippen LogP contribution in [0.5, 0.6) is 0 Å². The van der Waals surface area contributed by atoms with Crippen LogP contribution in [0.25, 0.3) is 11.1 Å². The fraction of sp³-hybridized carbons (Fsp3) is 0.400. The van der Waals surface area contributed by atoms with Crippen molar-refractivity contribution in [3.63, 3.8) is 0 Å². The number of amides is 1. The molecule has 2 aromatic rings. The number of hydrogen-bond acceptors (Lipinski definition) is 3. The number of nitrogens with one attached hydrogen (secondary N) is 2. The fourth-order valence-corrected chi connectivity index (χ4v) is 2.87. The second-order valence-corrected chi connectivity index (χ2v) is 7.53. The number of hydrogen-bond donors (Lipinski definition) is 3. The highest BCUT2D eigenvalue weighted by Gasteiger charge is 2.22. The monoisotopic (exact) mass is 342 g/mol. The molecule has 5 nitrogen and oxygen atoms in total. The second-order valence-electron chi connectivity index (χ2n) is 7.53. The third-order valence-corrected chi connectivity index (χ3v) is 3.98. The summed E-state index contributed by atoms with van der Waals surface area (Å²) in [6.45, 7) is 7.75. The highest BCUT2D eigenvalue weighted by molar-refractivity contribution is 5.95. The van der Waals surface area contributed by atoms with E-state index in [-0.39, 0.29) is 17.6 Å². The number of aliphatic hydroxyl groups excluding tert-OH is 1. The van der Waals surface area contributed by atoms with Crippen molar-refractivity contribution in [2.75, 3.05) is 6.61 Å². The van der Waals surface area contributed by atoms with Crippen molar-refractivity contribution in [2.45, 2.75) is 40.2 Å². The molecule has 1 amide bonds. The summed E-state index contributed by atoms with van der Waals surface area (Å²) >= 11 is 0. The lowest BCUT2D eigenvalue weighted by Crippen LogP contribution is -2.41. The number of pyridine rings is 1. The molecule has 1 aromatic heterocycles. The van der Waals surface area contributed by atoms with Crippen molar-refractivity contribution in [3.05, 3.63) is 58.0 Å². The quantitative estimate of drug-likeness (QED) is 0.781. The Balaban J connectivity index is 2.32. The highest BCUT2D eigenvalue weighted by Crippen LogP contribution is 2.22. The third-order valence-electron chi connectivity index (χ3n) is 3.98. The van der Waals surface area contributed by atoms with Gasteiger partial charge in [0.1, 0.15) is 5.56 Å². The summed E-state index contributed by atoms with van der Waals surface area (Å²) in [6.07, 6.45) is 0.616. The van der Waals surface area contributed by atoms with Crippen molar-refractivity contribution < 1.29 is 9.90 Å². The Labute approximate surface area is 148 Å². The van der Waals surface area contributed by atoms with Gasteiger partial charge in [-0.3, -0.25) is 9.59 Å². The summed E-state index contributed by atoms with van der Waals surface area (Å²) in [4.78, 5) is 27.6. The Morgan fingerprint density at radius 1 is 1.24 bits per heavy atom. The van der Waals surface area contributed by atoms with Crippen LogP contribution < -0.4 is 10.9 Å². The van der Waals surface area contributed by atoms with Crippen molar-refractivity contribution in [1.29, 1.82) is 0 Å². The van der Waals surface area contributed by atoms with Crippen LogP contribution in [0, 0.1) is 12.3 Å². The van der Waals surface area contributed by atoms with Crippen LogP contribution in [-0.2, 0) is 0 Å². The maximum atomic E-state index is 12.6. The van der Waals surface area contributed by atoms with Crippen molar-refractivity contribution in [2.24, 2.45) is 5.41 Å². The average Bonchev–Trinajstić information content (AvgIpc) is 2.53. The molecule has 1 unspecified atom stereocenters. The Morgan fingerprint density at radius 2 is 1.88 bits per heavy atom. The number of aliphatic hydroxyl groups is 1. The maximum Gasteiger partial charge on any atom is 0.261 e. The lowest BCUT2D eigenvalue weighted by Gasteiger charge is -2.25. The van der Waals surface area contributed by atoms with Gasteiger partial charge in [0.25, 0.3) is 11.5 Å². The smallest absolute Gasteiger partial charge is 0.261 e. The topological polar surface area (TPSA) is 82.2 Å². The number of aromatic nitrogens is 1. The predicted molar refractivity (Wildman–Crippen MR) is 99.6 cm³/mol. The molecule has 1 aromatic carbocycles. The van der Waals surface area contributed by atoms with Gasteiger partial charge in [-0.2, -0.15) is 0 Å². The van der Waals surface area contributed by atoms with Crippen LogP contribution in [0.4, 0.5) is 0 Å². The Hall–Kier alpha value is -2.40. The molecule has 0 radical (unpaired) electrons. The van der Waals surface area contributed by atoms with Crippen molar-refractivity contribution >= 4 is 5.91 Å². The fourth-order valence-electron chi connectivity index (χ4n) is 2.87. The largest absolute Gasteiger partial charge is 0.394 e. The van der Waals surface area contributed by atoms with E-state index >= 15 is 0 Å². The summed E-state index contributed by atoms with van der Waals surface area (Å²) in [7, 11) is 0. The normalized spacial score (nSPS) is 12.7. The molecule has 134 valence electrons. The molecule has 25 heavy (non-hydrogen) atoms. The van der Waals surface area contributed by atoms with Gasteiger partial charge in [0, 0.05) is 11.3 Å². The van der Waals surface area contributed by atoms with Crippen LogP contribution in [0.2, 0.25) is 0 Å².